The molecule has 28 heavy (non-hydrogen) atoms. The van der Waals surface area contributed by atoms with Crippen LogP contribution in [0.25, 0.3) is 0 Å². The molecule has 2 aromatic rings. The fourth-order valence-electron chi connectivity index (χ4n) is 2.93. The van der Waals surface area contributed by atoms with Crippen LogP contribution in [-0.4, -0.2) is 45.4 Å². The molecule has 0 spiro atoms. The highest BCUT2D eigenvalue weighted by molar-refractivity contribution is 7.89. The van der Waals surface area contributed by atoms with Crippen LogP contribution >= 0.6 is 0 Å². The number of nitrogens with one attached hydrogen (secondary N) is 1. The molecule has 2 aromatic carbocycles. The van der Waals surface area contributed by atoms with Crippen LogP contribution in [-0.2, 0) is 21.4 Å². The van der Waals surface area contributed by atoms with Gasteiger partial charge in [-0.05, 0) is 54.8 Å². The van der Waals surface area contributed by atoms with Crippen molar-refractivity contribution < 1.29 is 22.7 Å². The Balaban J connectivity index is 1.48. The van der Waals surface area contributed by atoms with Gasteiger partial charge in [-0.25, -0.2) is 8.42 Å². The summed E-state index contributed by atoms with van der Waals surface area (Å²) in [7, 11) is -1.84. The molecule has 0 unspecified atom stereocenters. The Morgan fingerprint density at radius 3 is 2.21 bits per heavy atom. The highest BCUT2D eigenvalue weighted by atomic mass is 32.2. The van der Waals surface area contributed by atoms with Crippen LogP contribution in [0.5, 0.6) is 11.5 Å². The van der Waals surface area contributed by atoms with Crippen molar-refractivity contribution in [3.05, 3.63) is 54.1 Å². The SMILES string of the molecule is COc1ccc(CNC(=O)COc2ccc(S(=O)(=O)N3CCCC3)cc2)cc1. The largest absolute Gasteiger partial charge is 0.497 e. The maximum Gasteiger partial charge on any atom is 0.258 e. The number of ether oxygens (including phenoxy) is 2. The highest BCUT2D eigenvalue weighted by Crippen LogP contribution is 2.22. The van der Waals surface area contributed by atoms with Gasteiger partial charge in [0.1, 0.15) is 11.5 Å². The summed E-state index contributed by atoms with van der Waals surface area (Å²) in [4.78, 5) is 12.2. The highest BCUT2D eigenvalue weighted by Gasteiger charge is 2.26. The molecule has 0 atom stereocenters. The Hall–Kier alpha value is -2.58. The van der Waals surface area contributed by atoms with E-state index in [0.29, 0.717) is 25.4 Å². The molecule has 0 aliphatic carbocycles. The van der Waals surface area contributed by atoms with Crippen LogP contribution in [0.3, 0.4) is 0 Å². The molecule has 0 aromatic heterocycles. The maximum absolute atomic E-state index is 12.5. The van der Waals surface area contributed by atoms with E-state index in [1.54, 1.807) is 19.2 Å². The van der Waals surface area contributed by atoms with E-state index in [2.05, 4.69) is 5.32 Å². The average molecular weight is 404 g/mol. The first-order valence-corrected chi connectivity index (χ1v) is 10.6. The molecule has 3 rings (SSSR count). The van der Waals surface area contributed by atoms with Gasteiger partial charge in [-0.15, -0.1) is 0 Å². The number of nitrogens with zero attached hydrogens (tertiary/aromatic N) is 1. The predicted octanol–water partition coefficient (Wildman–Crippen LogP) is 2.17. The van der Waals surface area contributed by atoms with Crippen LogP contribution in [0.2, 0.25) is 0 Å². The minimum absolute atomic E-state index is 0.144. The predicted molar refractivity (Wildman–Crippen MR) is 105 cm³/mol. The second kappa shape index (κ2) is 9.07. The second-order valence-electron chi connectivity index (χ2n) is 6.50. The number of rotatable bonds is 8. The molecule has 1 aliphatic heterocycles. The van der Waals surface area contributed by atoms with Gasteiger partial charge in [0.05, 0.1) is 12.0 Å². The summed E-state index contributed by atoms with van der Waals surface area (Å²) in [6, 6.07) is 13.6. The molecule has 1 fully saturated rings. The molecule has 1 heterocycles. The summed E-state index contributed by atoms with van der Waals surface area (Å²) in [5, 5.41) is 2.77. The molecule has 0 saturated carbocycles. The topological polar surface area (TPSA) is 84.9 Å². The number of methoxy groups -OCH3 is 1. The zero-order valence-electron chi connectivity index (χ0n) is 15.8. The van der Waals surface area contributed by atoms with Crippen LogP contribution in [0, 0.1) is 0 Å². The third-order valence-electron chi connectivity index (χ3n) is 4.55. The second-order valence-corrected chi connectivity index (χ2v) is 8.43. The van der Waals surface area contributed by atoms with E-state index in [0.717, 1.165) is 24.2 Å². The molecule has 0 radical (unpaired) electrons. The minimum atomic E-state index is -3.44. The lowest BCUT2D eigenvalue weighted by molar-refractivity contribution is -0.123. The molecule has 1 N–H and O–H groups in total. The summed E-state index contributed by atoms with van der Waals surface area (Å²) < 4.78 is 37.0. The fourth-order valence-corrected chi connectivity index (χ4v) is 4.45. The Bertz CT molecular complexity index is 889. The zero-order valence-corrected chi connectivity index (χ0v) is 16.6. The summed E-state index contributed by atoms with van der Waals surface area (Å²) in [6.45, 7) is 1.37. The van der Waals surface area contributed by atoms with Gasteiger partial charge in [-0.1, -0.05) is 12.1 Å². The number of carbonyl (C=O) groups excluding carboxylic acids is 1. The maximum atomic E-state index is 12.5. The number of hydrogen-bond acceptors (Lipinski definition) is 5. The van der Waals surface area contributed by atoms with Crippen LogP contribution in [0.1, 0.15) is 18.4 Å². The number of amides is 1. The number of hydrogen-bond donors (Lipinski definition) is 1. The summed E-state index contributed by atoms with van der Waals surface area (Å²) in [5.74, 6) is 0.943. The lowest BCUT2D eigenvalue weighted by Gasteiger charge is -2.15. The first kappa shape index (κ1) is 20.2. The van der Waals surface area contributed by atoms with Gasteiger partial charge >= 0.3 is 0 Å². The average Bonchev–Trinajstić information content (AvgIpc) is 3.27. The number of sulfonamides is 1. The van der Waals surface area contributed by atoms with Crippen LogP contribution in [0.15, 0.2) is 53.4 Å². The molecule has 8 heteroatoms. The Morgan fingerprint density at radius 1 is 1.00 bits per heavy atom. The van der Waals surface area contributed by atoms with Crippen LogP contribution < -0.4 is 14.8 Å². The summed E-state index contributed by atoms with van der Waals surface area (Å²) >= 11 is 0. The van der Waals surface area contributed by atoms with Crippen molar-refractivity contribution in [2.45, 2.75) is 24.3 Å². The van der Waals surface area contributed by atoms with Gasteiger partial charge in [-0.3, -0.25) is 4.79 Å². The van der Waals surface area contributed by atoms with Gasteiger partial charge in [0.2, 0.25) is 10.0 Å². The van der Waals surface area contributed by atoms with Crippen LogP contribution in [0.4, 0.5) is 0 Å². The minimum Gasteiger partial charge on any atom is -0.497 e. The van der Waals surface area contributed by atoms with Crippen molar-refractivity contribution in [3.63, 3.8) is 0 Å². The van der Waals surface area contributed by atoms with Gasteiger partial charge in [-0.2, -0.15) is 4.31 Å². The molecule has 7 nitrogen and oxygen atoms in total. The lowest BCUT2D eigenvalue weighted by Crippen LogP contribution is -2.28. The first-order valence-electron chi connectivity index (χ1n) is 9.12. The number of benzene rings is 2. The monoisotopic (exact) mass is 404 g/mol. The van der Waals surface area contributed by atoms with Gasteiger partial charge in [0.15, 0.2) is 6.61 Å². The van der Waals surface area contributed by atoms with Crippen molar-refractivity contribution >= 4 is 15.9 Å². The van der Waals surface area contributed by atoms with Crippen molar-refractivity contribution in [2.75, 3.05) is 26.8 Å². The normalized spacial score (nSPS) is 14.6. The van der Waals surface area contributed by atoms with Crippen molar-refractivity contribution in [1.82, 2.24) is 9.62 Å². The molecule has 1 amide bonds. The van der Waals surface area contributed by atoms with E-state index >= 15 is 0 Å². The molecular formula is C20H24N2O5S. The molecule has 150 valence electrons. The van der Waals surface area contributed by atoms with E-state index in [-0.39, 0.29) is 17.4 Å². The number of carbonyl (C=O) groups is 1. The van der Waals surface area contributed by atoms with Crippen molar-refractivity contribution in [3.8, 4) is 11.5 Å². The lowest BCUT2D eigenvalue weighted by atomic mass is 10.2. The molecule has 0 bridgehead atoms. The van der Waals surface area contributed by atoms with E-state index in [9.17, 15) is 13.2 Å². The Morgan fingerprint density at radius 2 is 1.61 bits per heavy atom. The third kappa shape index (κ3) is 5.02. The fraction of sp³-hybridized carbons (Fsp3) is 0.350. The van der Waals surface area contributed by atoms with Crippen molar-refractivity contribution in [1.29, 1.82) is 0 Å². The smallest absolute Gasteiger partial charge is 0.258 e. The molecular weight excluding hydrogens is 380 g/mol. The quantitative estimate of drug-likeness (QED) is 0.729. The first-order chi connectivity index (χ1) is 13.5. The van der Waals surface area contributed by atoms with Gasteiger partial charge in [0, 0.05) is 19.6 Å². The summed E-state index contributed by atoms with van der Waals surface area (Å²) in [5.41, 5.74) is 0.950. The zero-order chi connectivity index (χ0) is 20.0. The van der Waals surface area contributed by atoms with E-state index < -0.39 is 10.0 Å². The Kier molecular flexibility index (Phi) is 6.53. The van der Waals surface area contributed by atoms with E-state index in [4.69, 9.17) is 9.47 Å². The van der Waals surface area contributed by atoms with Gasteiger partial charge in [0.25, 0.3) is 5.91 Å². The molecule has 1 saturated heterocycles. The Labute approximate surface area is 165 Å². The molecule has 1 aliphatic rings. The standard InChI is InChI=1S/C20H24N2O5S/c1-26-17-6-4-16(5-7-17)14-21-20(23)15-27-18-8-10-19(11-9-18)28(24,25)22-12-2-3-13-22/h4-11H,2-3,12-15H2,1H3,(H,21,23). The van der Waals surface area contributed by atoms with E-state index in [1.807, 2.05) is 24.3 Å². The van der Waals surface area contributed by atoms with Crippen molar-refractivity contribution in [2.24, 2.45) is 0 Å². The summed E-state index contributed by atoms with van der Waals surface area (Å²) in [6.07, 6.45) is 1.79. The van der Waals surface area contributed by atoms with Gasteiger partial charge < -0.3 is 14.8 Å². The van der Waals surface area contributed by atoms with E-state index in [1.165, 1.54) is 16.4 Å². The third-order valence-corrected chi connectivity index (χ3v) is 6.46.